The maximum atomic E-state index is 12.4. The number of ether oxygens (including phenoxy) is 1. The largest absolute Gasteiger partial charge is 0.444 e. The smallest absolute Gasteiger partial charge is 0.283 e. The van der Waals surface area contributed by atoms with Gasteiger partial charge in [-0.15, -0.1) is 0 Å². The molecule has 5 rings (SSSR count). The predicted octanol–water partition coefficient (Wildman–Crippen LogP) is 4.21. The number of thiophene rings is 1. The molecule has 2 N–H and O–H groups in total. The van der Waals surface area contributed by atoms with E-state index in [1.807, 2.05) is 6.20 Å². The van der Waals surface area contributed by atoms with Crippen molar-refractivity contribution in [3.05, 3.63) is 40.5 Å². The first kappa shape index (κ1) is 19.8. The molecular weight excluding hydrogens is 436 g/mol. The lowest BCUT2D eigenvalue weighted by Gasteiger charge is -2.16. The normalized spacial score (nSPS) is 14.4. The summed E-state index contributed by atoms with van der Waals surface area (Å²) >= 11 is 2.60. The molecule has 0 bridgehead atoms. The van der Waals surface area contributed by atoms with Gasteiger partial charge < -0.3 is 4.74 Å². The number of rotatable bonds is 6. The number of aromatic nitrogens is 2. The number of nitrogens with one attached hydrogen (secondary N) is 2. The van der Waals surface area contributed by atoms with Gasteiger partial charge in [-0.2, -0.15) is 5.53 Å². The van der Waals surface area contributed by atoms with Crippen LogP contribution in [0.2, 0.25) is 0 Å². The van der Waals surface area contributed by atoms with E-state index in [1.54, 1.807) is 30.3 Å². The van der Waals surface area contributed by atoms with Gasteiger partial charge in [-0.25, -0.2) is 14.8 Å². The van der Waals surface area contributed by atoms with E-state index in [2.05, 4.69) is 20.0 Å². The Labute approximate surface area is 185 Å². The highest BCUT2D eigenvalue weighted by Gasteiger charge is 2.33. The van der Waals surface area contributed by atoms with E-state index in [9.17, 15) is 9.59 Å². The molecule has 2 aliphatic rings. The first-order chi connectivity index (χ1) is 15.1. The van der Waals surface area contributed by atoms with Crippen molar-refractivity contribution in [2.75, 3.05) is 11.9 Å². The fraction of sp³-hybridized carbons (Fsp3) is 0.300. The summed E-state index contributed by atoms with van der Waals surface area (Å²) in [5.74, 6) is 0.858. The number of hydrogen-bond donors (Lipinski definition) is 2. The van der Waals surface area contributed by atoms with Crippen LogP contribution in [-0.4, -0.2) is 28.2 Å². The number of pyridine rings is 1. The number of nitrogens with zero attached hydrogens (tertiary/aromatic N) is 4. The third-order valence-electron chi connectivity index (χ3n) is 5.39. The molecular formula is C20H18N6O3S2. The lowest BCUT2D eigenvalue weighted by atomic mass is 9.93. The van der Waals surface area contributed by atoms with Crippen molar-refractivity contribution >= 4 is 40.5 Å². The Hall–Kier alpha value is -3.18. The van der Waals surface area contributed by atoms with Crippen LogP contribution < -0.4 is 15.1 Å². The van der Waals surface area contributed by atoms with Crippen LogP contribution in [0.15, 0.2) is 29.7 Å². The van der Waals surface area contributed by atoms with Crippen LogP contribution in [0, 0.1) is 11.4 Å². The Bertz CT molecular complexity index is 1180. The number of anilines is 1. The summed E-state index contributed by atoms with van der Waals surface area (Å²) in [5.41, 5.74) is 12.0. The molecule has 3 heterocycles. The molecule has 158 valence electrons. The van der Waals surface area contributed by atoms with Crippen LogP contribution in [0.5, 0.6) is 10.8 Å². The maximum Gasteiger partial charge on any atom is 0.283 e. The van der Waals surface area contributed by atoms with Crippen LogP contribution in [0.1, 0.15) is 33.6 Å². The van der Waals surface area contributed by atoms with Gasteiger partial charge in [-0.05, 0) is 60.5 Å². The average Bonchev–Trinajstić information content (AvgIpc) is 3.40. The third kappa shape index (κ3) is 3.59. The average molecular weight is 455 g/mol. The summed E-state index contributed by atoms with van der Waals surface area (Å²) < 4.78 is 10.4. The van der Waals surface area contributed by atoms with Crippen LogP contribution >= 0.6 is 22.9 Å². The Morgan fingerprint density at radius 2 is 2.13 bits per heavy atom. The highest BCUT2D eigenvalue weighted by Crippen LogP contribution is 2.50. The van der Waals surface area contributed by atoms with E-state index in [1.165, 1.54) is 22.9 Å². The predicted molar refractivity (Wildman–Crippen MR) is 116 cm³/mol. The summed E-state index contributed by atoms with van der Waals surface area (Å²) in [6, 6.07) is 3.51. The van der Waals surface area contributed by atoms with Crippen LogP contribution in [-0.2, 0) is 17.6 Å². The number of aryl methyl sites for hydroxylation is 1. The maximum absolute atomic E-state index is 12.4. The van der Waals surface area contributed by atoms with Gasteiger partial charge in [0.1, 0.15) is 16.4 Å². The number of fused-ring (bicyclic) bond motifs is 3. The lowest BCUT2D eigenvalue weighted by Crippen LogP contribution is -2.28. The summed E-state index contributed by atoms with van der Waals surface area (Å²) in [6.45, 7) is 0. The fourth-order valence-corrected chi connectivity index (χ4v) is 5.67. The van der Waals surface area contributed by atoms with Crippen molar-refractivity contribution in [2.45, 2.75) is 25.7 Å². The molecule has 1 saturated carbocycles. The Kier molecular flexibility index (Phi) is 4.98. The summed E-state index contributed by atoms with van der Waals surface area (Å²) in [5, 5.41) is 3.59. The number of amides is 2. The van der Waals surface area contributed by atoms with Gasteiger partial charge in [-0.1, -0.05) is 16.6 Å². The highest BCUT2D eigenvalue weighted by molar-refractivity contribution is 7.17. The molecule has 0 aliphatic heterocycles. The van der Waals surface area contributed by atoms with E-state index >= 15 is 0 Å². The first-order valence-corrected chi connectivity index (χ1v) is 11.3. The summed E-state index contributed by atoms with van der Waals surface area (Å²) in [7, 11) is 1.73. The van der Waals surface area contributed by atoms with Crippen LogP contribution in [0.3, 0.4) is 0 Å². The molecule has 0 spiro atoms. The van der Waals surface area contributed by atoms with E-state index < -0.39 is 5.91 Å². The molecule has 2 aliphatic carbocycles. The second-order valence-electron chi connectivity index (χ2n) is 7.43. The Morgan fingerprint density at radius 3 is 2.84 bits per heavy atom. The molecule has 1 fully saturated rings. The van der Waals surface area contributed by atoms with Gasteiger partial charge in [0, 0.05) is 19.2 Å². The first-order valence-electron chi connectivity index (χ1n) is 9.74. The number of carbonyl (C=O) groups excluding carboxylic acids is 2. The van der Waals surface area contributed by atoms with Crippen molar-refractivity contribution in [1.82, 2.24) is 14.8 Å². The monoisotopic (exact) mass is 454 g/mol. The van der Waals surface area contributed by atoms with E-state index in [-0.39, 0.29) is 11.8 Å². The zero-order chi connectivity index (χ0) is 21.5. The molecule has 11 heteroatoms. The molecule has 0 radical (unpaired) electrons. The van der Waals surface area contributed by atoms with Crippen molar-refractivity contribution in [3.63, 3.8) is 0 Å². The minimum Gasteiger partial charge on any atom is -0.444 e. The molecule has 9 nitrogen and oxygen atoms in total. The minimum absolute atomic E-state index is 0.0849. The SMILES string of the molecule is CN(C(=O)C1CC1)c1ccc(Oc2sc(C(=O)NN=N)c3c2-c2sncc2CC3)cn1. The lowest BCUT2D eigenvalue weighted by molar-refractivity contribution is -0.119. The summed E-state index contributed by atoms with van der Waals surface area (Å²) in [4.78, 5) is 32.1. The second kappa shape index (κ2) is 7.82. The van der Waals surface area contributed by atoms with Crippen LogP contribution in [0.4, 0.5) is 5.82 Å². The standard InChI is InChI=1S/C20H18N6O3S2/c1-26(19(28)10-2-3-10)14-7-5-12(9-22-14)29-20-15-13(17(30-20)18(27)24-25-21)6-4-11-8-23-31-16(11)15/h5,7-10H,2-4,6H2,1H3,(H2,21,24,27). The molecule has 3 aromatic rings. The van der Waals surface area contributed by atoms with Gasteiger partial charge in [0.05, 0.1) is 16.6 Å². The van der Waals surface area contributed by atoms with Crippen molar-refractivity contribution in [1.29, 1.82) is 5.53 Å². The van der Waals surface area contributed by atoms with E-state index in [0.717, 1.165) is 40.8 Å². The second-order valence-corrected chi connectivity index (χ2v) is 9.22. The highest BCUT2D eigenvalue weighted by atomic mass is 32.1. The fourth-order valence-electron chi connectivity index (χ4n) is 3.63. The molecule has 31 heavy (non-hydrogen) atoms. The van der Waals surface area contributed by atoms with Crippen molar-refractivity contribution in [3.8, 4) is 21.3 Å². The summed E-state index contributed by atoms with van der Waals surface area (Å²) in [6.07, 6.45) is 6.80. The van der Waals surface area contributed by atoms with Crippen molar-refractivity contribution in [2.24, 2.45) is 11.1 Å². The molecule has 0 saturated heterocycles. The quantitative estimate of drug-likeness (QED) is 0.427. The van der Waals surface area contributed by atoms with Gasteiger partial charge in [0.15, 0.2) is 5.06 Å². The number of hydrogen-bond acceptors (Lipinski definition) is 9. The molecule has 3 aromatic heterocycles. The van der Waals surface area contributed by atoms with Gasteiger partial charge in [-0.3, -0.25) is 14.5 Å². The van der Waals surface area contributed by atoms with Crippen molar-refractivity contribution < 1.29 is 14.3 Å². The van der Waals surface area contributed by atoms with E-state index in [4.69, 9.17) is 10.3 Å². The molecule has 0 atom stereocenters. The zero-order valence-corrected chi connectivity index (χ0v) is 18.2. The molecule has 0 aromatic carbocycles. The minimum atomic E-state index is -0.423. The topological polar surface area (TPSA) is 121 Å². The van der Waals surface area contributed by atoms with E-state index in [0.29, 0.717) is 27.9 Å². The third-order valence-corrected chi connectivity index (χ3v) is 7.35. The van der Waals surface area contributed by atoms with Gasteiger partial charge >= 0.3 is 0 Å². The Balaban J connectivity index is 1.46. The molecule has 2 amide bonds. The van der Waals surface area contributed by atoms with Gasteiger partial charge in [0.25, 0.3) is 5.91 Å². The zero-order valence-electron chi connectivity index (χ0n) is 16.5. The molecule has 0 unspecified atom stereocenters. The van der Waals surface area contributed by atoms with Crippen LogP contribution in [0.25, 0.3) is 10.4 Å². The Morgan fingerprint density at radius 1 is 1.29 bits per heavy atom. The number of carbonyl (C=O) groups is 2. The van der Waals surface area contributed by atoms with Gasteiger partial charge in [0.2, 0.25) is 5.91 Å².